The first-order valence-electron chi connectivity index (χ1n) is 8.28. The minimum atomic E-state index is -1.10. The zero-order valence-electron chi connectivity index (χ0n) is 15.0. The summed E-state index contributed by atoms with van der Waals surface area (Å²) in [7, 11) is 1.48. The lowest BCUT2D eigenvalue weighted by Gasteiger charge is -2.15. The summed E-state index contributed by atoms with van der Waals surface area (Å²) in [4.78, 5) is 45.5. The first-order valence-corrected chi connectivity index (χ1v) is 8.28. The van der Waals surface area contributed by atoms with Crippen LogP contribution < -0.4 is 15.6 Å². The number of carbonyl (C=O) groups is 2. The van der Waals surface area contributed by atoms with Crippen LogP contribution in [-0.2, 0) is 22.6 Å². The van der Waals surface area contributed by atoms with Gasteiger partial charge in [0.2, 0.25) is 5.91 Å². The molecule has 2 aromatic rings. The Hall–Kier alpha value is -3.69. The van der Waals surface area contributed by atoms with E-state index in [-0.39, 0.29) is 18.7 Å². The van der Waals surface area contributed by atoms with Crippen LogP contribution >= 0.6 is 0 Å². The van der Waals surface area contributed by atoms with Crippen molar-refractivity contribution in [3.05, 3.63) is 68.6 Å². The van der Waals surface area contributed by atoms with Crippen LogP contribution in [0.1, 0.15) is 5.56 Å². The van der Waals surface area contributed by atoms with E-state index in [9.17, 15) is 29.6 Å². The summed E-state index contributed by atoms with van der Waals surface area (Å²) in [6, 6.07) is 9.00. The Labute approximate surface area is 159 Å². The van der Waals surface area contributed by atoms with Crippen molar-refractivity contribution in [2.45, 2.75) is 13.0 Å². The van der Waals surface area contributed by atoms with Gasteiger partial charge in [0.1, 0.15) is 12.3 Å². The lowest BCUT2D eigenvalue weighted by molar-refractivity contribution is -0.385. The molecule has 1 unspecified atom stereocenters. The molecule has 28 heavy (non-hydrogen) atoms. The Morgan fingerprint density at radius 2 is 2.00 bits per heavy atom. The molecule has 0 bridgehead atoms. The third kappa shape index (κ3) is 5.40. The highest BCUT2D eigenvalue weighted by molar-refractivity contribution is 5.77. The number of nitrogens with one attached hydrogen (secondary N) is 1. The number of ether oxygens (including phenoxy) is 1. The number of carbonyl (C=O) groups excluding carboxylic acids is 1. The highest BCUT2D eigenvalue weighted by Crippen LogP contribution is 2.21. The van der Waals surface area contributed by atoms with E-state index in [1.165, 1.54) is 7.11 Å². The largest absolute Gasteiger partial charge is 0.496 e. The maximum absolute atomic E-state index is 12.1. The zero-order valence-corrected chi connectivity index (χ0v) is 15.0. The van der Waals surface area contributed by atoms with E-state index in [4.69, 9.17) is 4.74 Å². The maximum Gasteiger partial charge on any atom is 0.308 e. The predicted molar refractivity (Wildman–Crippen MR) is 98.2 cm³/mol. The molecule has 1 aromatic heterocycles. The number of carboxylic acid groups (broad SMARTS) is 1. The van der Waals surface area contributed by atoms with E-state index >= 15 is 0 Å². The summed E-state index contributed by atoms with van der Waals surface area (Å²) in [5, 5.41) is 22.7. The summed E-state index contributed by atoms with van der Waals surface area (Å²) in [6.07, 6.45) is 1.10. The van der Waals surface area contributed by atoms with Crippen LogP contribution in [0.4, 0.5) is 5.69 Å². The van der Waals surface area contributed by atoms with Gasteiger partial charge < -0.3 is 15.2 Å². The second-order valence-electron chi connectivity index (χ2n) is 5.97. The number of nitrogens with zero attached hydrogens (tertiary/aromatic N) is 2. The van der Waals surface area contributed by atoms with Crippen LogP contribution in [0.5, 0.6) is 5.75 Å². The fourth-order valence-corrected chi connectivity index (χ4v) is 2.58. The van der Waals surface area contributed by atoms with Crippen molar-refractivity contribution in [2.24, 2.45) is 5.92 Å². The SMILES string of the molecule is COc1ccccc1CC(CNC(=O)Cn1cc([N+](=O)[O-])ccc1=O)C(=O)O. The zero-order chi connectivity index (χ0) is 20.7. The molecule has 2 N–H and O–H groups in total. The smallest absolute Gasteiger partial charge is 0.308 e. The van der Waals surface area contributed by atoms with Crippen molar-refractivity contribution in [3.8, 4) is 5.75 Å². The summed E-state index contributed by atoms with van der Waals surface area (Å²) in [5.41, 5.74) is -0.224. The van der Waals surface area contributed by atoms with E-state index in [1.54, 1.807) is 24.3 Å². The quantitative estimate of drug-likeness (QED) is 0.478. The number of aliphatic carboxylic acids is 1. The van der Waals surface area contributed by atoms with Crippen LogP contribution in [0.25, 0.3) is 0 Å². The Morgan fingerprint density at radius 3 is 2.64 bits per heavy atom. The van der Waals surface area contributed by atoms with Gasteiger partial charge in [0, 0.05) is 18.7 Å². The van der Waals surface area contributed by atoms with E-state index < -0.39 is 34.8 Å². The molecule has 0 aliphatic rings. The van der Waals surface area contributed by atoms with E-state index in [2.05, 4.69) is 5.32 Å². The molecule has 1 aromatic carbocycles. The van der Waals surface area contributed by atoms with Crippen LogP contribution in [0.3, 0.4) is 0 Å². The fraction of sp³-hybridized carbons (Fsp3) is 0.278. The number of aromatic nitrogens is 1. The molecule has 0 fully saturated rings. The number of methoxy groups -OCH3 is 1. The van der Waals surface area contributed by atoms with Crippen LogP contribution in [0.15, 0.2) is 47.4 Å². The van der Waals surface area contributed by atoms with E-state index in [0.717, 1.165) is 22.9 Å². The van der Waals surface area contributed by atoms with Crippen molar-refractivity contribution >= 4 is 17.6 Å². The number of hydrogen-bond donors (Lipinski definition) is 2. The highest BCUT2D eigenvalue weighted by atomic mass is 16.6. The molecule has 148 valence electrons. The van der Waals surface area contributed by atoms with Crippen molar-refractivity contribution in [1.29, 1.82) is 0 Å². The number of rotatable bonds is 9. The lowest BCUT2D eigenvalue weighted by Crippen LogP contribution is -2.37. The average Bonchev–Trinajstić information content (AvgIpc) is 2.66. The van der Waals surface area contributed by atoms with E-state index in [1.807, 2.05) is 0 Å². The second kappa shape index (κ2) is 9.31. The Bertz CT molecular complexity index is 939. The molecule has 1 atom stereocenters. The molecule has 0 aliphatic carbocycles. The highest BCUT2D eigenvalue weighted by Gasteiger charge is 2.21. The number of para-hydroxylation sites is 1. The third-order valence-corrected chi connectivity index (χ3v) is 4.05. The molecule has 0 radical (unpaired) electrons. The number of hydrogen-bond acceptors (Lipinski definition) is 6. The number of nitro groups is 1. The van der Waals surface area contributed by atoms with Gasteiger partial charge in [0.05, 0.1) is 24.1 Å². The standard InChI is InChI=1S/C18H19N3O7/c1-28-15-5-3-2-4-12(15)8-13(18(24)25)9-19-16(22)11-20-10-14(21(26)27)6-7-17(20)23/h2-7,10,13H,8-9,11H2,1H3,(H,19,22)(H,24,25). The first-order chi connectivity index (χ1) is 13.3. The molecule has 0 saturated carbocycles. The minimum absolute atomic E-state index is 0.135. The number of pyridine rings is 1. The monoisotopic (exact) mass is 389 g/mol. The van der Waals surface area contributed by atoms with Gasteiger partial charge >= 0.3 is 5.97 Å². The Morgan fingerprint density at radius 1 is 1.29 bits per heavy atom. The Balaban J connectivity index is 2.03. The van der Waals surface area contributed by atoms with E-state index in [0.29, 0.717) is 11.3 Å². The van der Waals surface area contributed by atoms with Crippen molar-refractivity contribution in [3.63, 3.8) is 0 Å². The lowest BCUT2D eigenvalue weighted by atomic mass is 9.98. The maximum atomic E-state index is 12.1. The molecule has 0 spiro atoms. The van der Waals surface area contributed by atoms with Crippen LogP contribution in [0, 0.1) is 16.0 Å². The second-order valence-corrected chi connectivity index (χ2v) is 5.97. The normalized spacial score (nSPS) is 11.5. The topological polar surface area (TPSA) is 141 Å². The molecule has 10 nitrogen and oxygen atoms in total. The third-order valence-electron chi connectivity index (χ3n) is 4.05. The molecule has 1 amide bonds. The van der Waals surface area contributed by atoms with Gasteiger partial charge in [-0.05, 0) is 18.1 Å². The summed E-state index contributed by atoms with van der Waals surface area (Å²) >= 11 is 0. The van der Waals surface area contributed by atoms with Gasteiger partial charge in [-0.2, -0.15) is 0 Å². The molecule has 10 heteroatoms. The molecule has 0 aliphatic heterocycles. The van der Waals surface area contributed by atoms with Crippen molar-refractivity contribution < 1.29 is 24.4 Å². The number of carboxylic acids is 1. The molecule has 1 heterocycles. The van der Waals surface area contributed by atoms with Crippen molar-refractivity contribution in [1.82, 2.24) is 9.88 Å². The molecule has 0 saturated heterocycles. The summed E-state index contributed by atoms with van der Waals surface area (Å²) in [6.45, 7) is -0.628. The van der Waals surface area contributed by atoms with Gasteiger partial charge in [-0.3, -0.25) is 29.1 Å². The van der Waals surface area contributed by atoms with Gasteiger partial charge in [-0.15, -0.1) is 0 Å². The van der Waals surface area contributed by atoms with Gasteiger partial charge in [-0.25, -0.2) is 0 Å². The van der Waals surface area contributed by atoms with Crippen LogP contribution in [0.2, 0.25) is 0 Å². The minimum Gasteiger partial charge on any atom is -0.496 e. The molecular formula is C18H19N3O7. The van der Waals surface area contributed by atoms with Crippen molar-refractivity contribution in [2.75, 3.05) is 13.7 Å². The number of amides is 1. The summed E-state index contributed by atoms with van der Waals surface area (Å²) < 4.78 is 6.09. The Kier molecular flexibility index (Phi) is 6.85. The number of benzene rings is 1. The first kappa shape index (κ1) is 20.6. The molecular weight excluding hydrogens is 370 g/mol. The average molecular weight is 389 g/mol. The summed E-state index contributed by atoms with van der Waals surface area (Å²) in [5.74, 6) is -2.10. The van der Waals surface area contributed by atoms with Gasteiger partial charge in [0.25, 0.3) is 11.2 Å². The van der Waals surface area contributed by atoms with Gasteiger partial charge in [0.15, 0.2) is 0 Å². The van der Waals surface area contributed by atoms with Gasteiger partial charge in [-0.1, -0.05) is 18.2 Å². The van der Waals surface area contributed by atoms with Crippen LogP contribution in [-0.4, -0.2) is 40.1 Å². The predicted octanol–water partition coefficient (Wildman–Crippen LogP) is 0.825. The fourth-order valence-electron chi connectivity index (χ4n) is 2.58. The molecule has 2 rings (SSSR count).